The molecule has 4 heterocycles. The van der Waals surface area contributed by atoms with Crippen LogP contribution in [-0.4, -0.2) is 45.8 Å². The normalized spacial score (nSPS) is 17.3. The highest BCUT2D eigenvalue weighted by molar-refractivity contribution is 7.80. The minimum Gasteiger partial charge on any atom is -0.288 e. The Kier molecular flexibility index (Phi) is 4.95. The standard InChI is InChI=1S/C25H22N4O2S2/c1-25(2)17-8-5-6-10-19(17)29(21-18(25)9-7-13-26-21)20-12-11-15(33-20)14-16-22(30)27(3)24(32)28(4)23(16)31/h5-14H,1-4H3. The third-order valence-electron chi connectivity index (χ3n) is 6.25. The van der Waals surface area contributed by atoms with E-state index in [4.69, 9.17) is 17.2 Å². The van der Waals surface area contributed by atoms with Gasteiger partial charge in [0, 0.05) is 36.1 Å². The lowest BCUT2D eigenvalue weighted by atomic mass is 9.75. The summed E-state index contributed by atoms with van der Waals surface area (Å²) in [5.74, 6) is 0.0992. The van der Waals surface area contributed by atoms with Crippen LogP contribution in [0.25, 0.3) is 6.08 Å². The van der Waals surface area contributed by atoms with E-state index in [0.29, 0.717) is 0 Å². The third kappa shape index (κ3) is 3.20. The average Bonchev–Trinajstić information content (AvgIpc) is 3.28. The topological polar surface area (TPSA) is 56.8 Å². The molecule has 2 aliphatic heterocycles. The van der Waals surface area contributed by atoms with E-state index in [9.17, 15) is 9.59 Å². The molecule has 0 bridgehead atoms. The van der Waals surface area contributed by atoms with Crippen LogP contribution in [-0.2, 0) is 15.0 Å². The van der Waals surface area contributed by atoms with E-state index in [1.54, 1.807) is 26.4 Å². The fourth-order valence-corrected chi connectivity index (χ4v) is 5.53. The zero-order chi connectivity index (χ0) is 23.5. The molecule has 2 aromatic heterocycles. The molecule has 0 saturated carbocycles. The van der Waals surface area contributed by atoms with Crippen molar-refractivity contribution in [1.82, 2.24) is 14.8 Å². The van der Waals surface area contributed by atoms with Crippen molar-refractivity contribution < 1.29 is 9.59 Å². The van der Waals surface area contributed by atoms with Crippen LogP contribution in [0.5, 0.6) is 0 Å². The van der Waals surface area contributed by atoms with Crippen LogP contribution in [0.15, 0.2) is 60.3 Å². The van der Waals surface area contributed by atoms with Gasteiger partial charge in [0.25, 0.3) is 11.8 Å². The monoisotopic (exact) mass is 474 g/mol. The number of nitrogens with zero attached hydrogens (tertiary/aromatic N) is 4. The lowest BCUT2D eigenvalue weighted by Gasteiger charge is -2.40. The number of benzene rings is 1. The Morgan fingerprint density at radius 1 is 0.939 bits per heavy atom. The lowest BCUT2D eigenvalue weighted by Crippen LogP contribution is -2.52. The average molecular weight is 475 g/mol. The molecular formula is C25H22N4O2S2. The Hall–Kier alpha value is -3.36. The number of amides is 2. The Morgan fingerprint density at radius 2 is 1.61 bits per heavy atom. The fourth-order valence-electron chi connectivity index (χ4n) is 4.40. The van der Waals surface area contributed by atoms with Gasteiger partial charge in [0.15, 0.2) is 5.11 Å². The van der Waals surface area contributed by atoms with Crippen LogP contribution in [0.4, 0.5) is 16.5 Å². The Bertz CT molecular complexity index is 1280. The third-order valence-corrected chi connectivity index (χ3v) is 7.82. The summed E-state index contributed by atoms with van der Waals surface area (Å²) in [4.78, 5) is 35.7. The zero-order valence-electron chi connectivity index (χ0n) is 18.7. The molecular weight excluding hydrogens is 452 g/mol. The molecule has 166 valence electrons. The number of aromatic nitrogens is 1. The number of thiocarbonyl (C=S) groups is 1. The predicted molar refractivity (Wildman–Crippen MR) is 135 cm³/mol. The first-order chi connectivity index (χ1) is 15.7. The van der Waals surface area contributed by atoms with E-state index in [1.807, 2.05) is 24.3 Å². The summed E-state index contributed by atoms with van der Waals surface area (Å²) in [7, 11) is 3.16. The summed E-state index contributed by atoms with van der Waals surface area (Å²) >= 11 is 6.68. The number of pyridine rings is 1. The number of fused-ring (bicyclic) bond motifs is 2. The van der Waals surface area contributed by atoms with Crippen molar-refractivity contribution in [2.24, 2.45) is 0 Å². The second kappa shape index (κ2) is 7.60. The van der Waals surface area contributed by atoms with Crippen LogP contribution in [0.3, 0.4) is 0 Å². The first kappa shape index (κ1) is 21.5. The maximum atomic E-state index is 12.7. The Labute approximate surface area is 201 Å². The molecule has 0 radical (unpaired) electrons. The first-order valence-corrected chi connectivity index (χ1v) is 11.7. The van der Waals surface area contributed by atoms with Crippen LogP contribution in [0.1, 0.15) is 29.9 Å². The van der Waals surface area contributed by atoms with Gasteiger partial charge < -0.3 is 0 Å². The van der Waals surface area contributed by atoms with Crippen molar-refractivity contribution in [3.05, 3.63) is 76.3 Å². The summed E-state index contributed by atoms with van der Waals surface area (Å²) in [5, 5.41) is 1.15. The summed E-state index contributed by atoms with van der Waals surface area (Å²) in [5.41, 5.74) is 3.34. The van der Waals surface area contributed by atoms with Crippen molar-refractivity contribution >= 4 is 63.1 Å². The molecule has 0 N–H and O–H groups in total. The van der Waals surface area contributed by atoms with E-state index in [2.05, 4.69) is 43.0 Å². The van der Waals surface area contributed by atoms with Gasteiger partial charge in [-0.15, -0.1) is 11.3 Å². The van der Waals surface area contributed by atoms with Gasteiger partial charge in [-0.1, -0.05) is 38.1 Å². The molecule has 2 amide bonds. The minimum atomic E-state index is -0.393. The molecule has 8 heteroatoms. The number of anilines is 3. The highest BCUT2D eigenvalue weighted by atomic mass is 32.1. The molecule has 0 spiro atoms. The molecule has 0 atom stereocenters. The molecule has 0 unspecified atom stereocenters. The van der Waals surface area contributed by atoms with Crippen LogP contribution in [0, 0.1) is 0 Å². The second-order valence-electron chi connectivity index (χ2n) is 8.60. The summed E-state index contributed by atoms with van der Waals surface area (Å²) in [6.45, 7) is 4.43. The molecule has 0 aliphatic carbocycles. The van der Waals surface area contributed by atoms with Gasteiger partial charge in [0.2, 0.25) is 0 Å². The largest absolute Gasteiger partial charge is 0.288 e. The fraction of sp³-hybridized carbons (Fsp3) is 0.200. The molecule has 1 fully saturated rings. The molecule has 3 aromatic rings. The Balaban J connectivity index is 1.61. The lowest BCUT2D eigenvalue weighted by molar-refractivity contribution is -0.132. The minimum absolute atomic E-state index is 0.0979. The van der Waals surface area contributed by atoms with Gasteiger partial charge in [-0.2, -0.15) is 0 Å². The van der Waals surface area contributed by atoms with Gasteiger partial charge in [-0.25, -0.2) is 4.98 Å². The van der Waals surface area contributed by atoms with Gasteiger partial charge >= 0.3 is 0 Å². The van der Waals surface area contributed by atoms with Gasteiger partial charge in [-0.3, -0.25) is 24.3 Å². The number of para-hydroxylation sites is 1. The maximum Gasteiger partial charge on any atom is 0.265 e. The maximum absolute atomic E-state index is 12.7. The number of likely N-dealkylation sites (N-methyl/N-ethyl adjacent to an activating group) is 2. The van der Waals surface area contributed by atoms with E-state index >= 15 is 0 Å². The molecule has 2 aliphatic rings. The molecule has 33 heavy (non-hydrogen) atoms. The summed E-state index contributed by atoms with van der Waals surface area (Å²) < 4.78 is 0. The number of thiophene rings is 1. The summed E-state index contributed by atoms with van der Waals surface area (Å²) in [6.07, 6.45) is 3.45. The van der Waals surface area contributed by atoms with Crippen molar-refractivity contribution in [3.8, 4) is 0 Å². The van der Waals surface area contributed by atoms with Crippen molar-refractivity contribution in [2.45, 2.75) is 19.3 Å². The highest BCUT2D eigenvalue weighted by Gasteiger charge is 2.38. The number of hydrogen-bond donors (Lipinski definition) is 0. The van der Waals surface area contributed by atoms with Crippen molar-refractivity contribution in [2.75, 3.05) is 19.0 Å². The molecule has 1 aromatic carbocycles. The summed E-state index contributed by atoms with van der Waals surface area (Å²) in [6, 6.07) is 16.4. The SMILES string of the molecule is CN1C(=O)C(=Cc2ccc(N3c4ccccc4C(C)(C)c4cccnc43)s2)C(=O)N(C)C1=S. The smallest absolute Gasteiger partial charge is 0.265 e. The molecule has 6 nitrogen and oxygen atoms in total. The van der Waals surface area contributed by atoms with E-state index in [1.165, 1.54) is 26.7 Å². The number of carbonyl (C=O) groups excluding carboxylic acids is 2. The predicted octanol–water partition coefficient (Wildman–Crippen LogP) is 4.85. The van der Waals surface area contributed by atoms with Crippen molar-refractivity contribution in [1.29, 1.82) is 0 Å². The van der Waals surface area contributed by atoms with E-state index < -0.39 is 11.8 Å². The van der Waals surface area contributed by atoms with E-state index in [0.717, 1.165) is 26.9 Å². The van der Waals surface area contributed by atoms with Gasteiger partial charge in [-0.05, 0) is 48.1 Å². The number of carbonyl (C=O) groups is 2. The Morgan fingerprint density at radius 3 is 2.33 bits per heavy atom. The zero-order valence-corrected chi connectivity index (χ0v) is 20.3. The quantitative estimate of drug-likeness (QED) is 0.302. The second-order valence-corrected chi connectivity index (χ2v) is 10.1. The van der Waals surface area contributed by atoms with Gasteiger partial charge in [0.1, 0.15) is 16.4 Å². The molecule has 1 saturated heterocycles. The van der Waals surface area contributed by atoms with Crippen LogP contribution in [0.2, 0.25) is 0 Å². The van der Waals surface area contributed by atoms with E-state index in [-0.39, 0.29) is 16.1 Å². The molecule has 5 rings (SSSR count). The first-order valence-electron chi connectivity index (χ1n) is 10.5. The van der Waals surface area contributed by atoms with Crippen LogP contribution < -0.4 is 4.90 Å². The van der Waals surface area contributed by atoms with Crippen molar-refractivity contribution in [3.63, 3.8) is 0 Å². The highest BCUT2D eigenvalue weighted by Crippen LogP contribution is 2.51. The number of hydrogen-bond acceptors (Lipinski definition) is 6. The van der Waals surface area contributed by atoms with Gasteiger partial charge in [0.05, 0.1) is 5.69 Å². The number of rotatable bonds is 2. The van der Waals surface area contributed by atoms with Crippen LogP contribution >= 0.6 is 23.6 Å².